The van der Waals surface area contributed by atoms with Crippen molar-refractivity contribution in [2.24, 2.45) is 0 Å². The average molecular weight is 867 g/mol. The minimum atomic E-state index is 0.627. The van der Waals surface area contributed by atoms with Gasteiger partial charge < -0.3 is 8.80 Å². The van der Waals surface area contributed by atoms with Crippen molar-refractivity contribution in [1.29, 1.82) is 0 Å². The van der Waals surface area contributed by atoms with Gasteiger partial charge in [-0.3, -0.25) is 0 Å². The number of fused-ring (bicyclic) bond motifs is 14. The monoisotopic (exact) mass is 866 g/mol. The van der Waals surface area contributed by atoms with E-state index in [4.69, 9.17) is 29.9 Å². The van der Waals surface area contributed by atoms with E-state index < -0.39 is 0 Å². The van der Waals surface area contributed by atoms with E-state index in [1.54, 1.807) is 0 Å². The summed E-state index contributed by atoms with van der Waals surface area (Å²) >= 11 is 0. The SMILES string of the molecule is c1ccc(-c2nc(-c3ccccc3)nc(-c3ccc4c(c3)c3c5c6ccccc6n6c7ccc(-c8nc(-c9ccccc9)nc(-c9ccccc9)n8)cc7c(c7c8ccccc8n4c73)c56)n2)cc1. The van der Waals surface area contributed by atoms with Gasteiger partial charge in [0.05, 0.1) is 33.1 Å². The third-order valence-electron chi connectivity index (χ3n) is 13.7. The summed E-state index contributed by atoms with van der Waals surface area (Å²) in [6.07, 6.45) is 0. The zero-order valence-electron chi connectivity index (χ0n) is 36.2. The van der Waals surface area contributed by atoms with E-state index in [0.717, 1.165) is 66.2 Å². The van der Waals surface area contributed by atoms with Crippen molar-refractivity contribution < 1.29 is 0 Å². The van der Waals surface area contributed by atoms with Crippen LogP contribution in [0.1, 0.15) is 0 Å². The molecule has 0 aliphatic carbocycles. The lowest BCUT2D eigenvalue weighted by Crippen LogP contribution is -2.00. The van der Waals surface area contributed by atoms with Crippen LogP contribution in [0.25, 0.3) is 145 Å². The van der Waals surface area contributed by atoms with Gasteiger partial charge in [-0.1, -0.05) is 158 Å². The van der Waals surface area contributed by atoms with E-state index in [9.17, 15) is 0 Å². The Morgan fingerprint density at radius 3 is 0.824 bits per heavy atom. The van der Waals surface area contributed by atoms with E-state index in [1.165, 1.54) is 43.4 Å². The number of para-hydroxylation sites is 2. The molecule has 0 N–H and O–H groups in total. The maximum Gasteiger partial charge on any atom is 0.164 e. The number of benzene rings is 9. The molecule has 0 saturated carbocycles. The topological polar surface area (TPSA) is 86.2 Å². The summed E-state index contributed by atoms with van der Waals surface area (Å²) in [7, 11) is 0. The molecule has 8 nitrogen and oxygen atoms in total. The highest BCUT2D eigenvalue weighted by Crippen LogP contribution is 2.52. The quantitative estimate of drug-likeness (QED) is 0.165. The first-order valence-corrected chi connectivity index (χ1v) is 22.8. The largest absolute Gasteiger partial charge is 0.308 e. The molecule has 0 atom stereocenters. The molecule has 0 radical (unpaired) electrons. The van der Waals surface area contributed by atoms with Crippen molar-refractivity contribution in [1.82, 2.24) is 38.7 Å². The van der Waals surface area contributed by atoms with Gasteiger partial charge >= 0.3 is 0 Å². The van der Waals surface area contributed by atoms with Crippen LogP contribution in [0.2, 0.25) is 0 Å². The first kappa shape index (κ1) is 36.9. The summed E-state index contributed by atoms with van der Waals surface area (Å²) in [6.45, 7) is 0. The Balaban J connectivity index is 1.04. The zero-order valence-corrected chi connectivity index (χ0v) is 36.2. The lowest BCUT2D eigenvalue weighted by Gasteiger charge is -2.09. The molecule has 9 aromatic carbocycles. The van der Waals surface area contributed by atoms with E-state index in [-0.39, 0.29) is 0 Å². The summed E-state index contributed by atoms with van der Waals surface area (Å²) in [5, 5.41) is 9.60. The Labute approximate surface area is 387 Å². The highest BCUT2D eigenvalue weighted by molar-refractivity contribution is 6.45. The summed E-state index contributed by atoms with van der Waals surface area (Å²) < 4.78 is 4.96. The molecular formula is C60H34N8. The minimum Gasteiger partial charge on any atom is -0.308 e. The standard InChI is InChI=1S/C60H34N8/c1-5-17-35(18-6-1)55-61-56(36-19-7-2-8-20-36)64-59(63-55)39-29-31-47-43(33-39)51-49-41-25-13-16-28-46(41)68-48-32-30-40(34-44(48)52(54(49)68)50-42-26-14-15-27-45(42)67(47)53(50)51)60-65-57(37-21-9-3-10-22-37)62-58(66-60)38-23-11-4-12-24-38/h1-34H. The maximum absolute atomic E-state index is 5.16. The van der Waals surface area contributed by atoms with Crippen molar-refractivity contribution in [3.63, 3.8) is 0 Å². The van der Waals surface area contributed by atoms with Crippen molar-refractivity contribution in [2.45, 2.75) is 0 Å². The molecule has 0 aliphatic rings. The Morgan fingerprint density at radius 1 is 0.221 bits per heavy atom. The maximum atomic E-state index is 5.16. The molecule has 15 rings (SSSR count). The van der Waals surface area contributed by atoms with E-state index in [0.29, 0.717) is 34.9 Å². The lowest BCUT2D eigenvalue weighted by molar-refractivity contribution is 1.07. The number of aromatic nitrogens is 8. The van der Waals surface area contributed by atoms with Crippen LogP contribution in [0, 0.1) is 0 Å². The van der Waals surface area contributed by atoms with E-state index in [2.05, 4.69) is 142 Å². The van der Waals surface area contributed by atoms with Crippen LogP contribution in [0.3, 0.4) is 0 Å². The Bertz CT molecular complexity index is 4060. The molecule has 15 aromatic rings. The van der Waals surface area contributed by atoms with Crippen molar-refractivity contribution in [3.8, 4) is 68.3 Å². The Morgan fingerprint density at radius 2 is 0.485 bits per heavy atom. The third-order valence-corrected chi connectivity index (χ3v) is 13.7. The van der Waals surface area contributed by atoms with Crippen LogP contribution in [0.4, 0.5) is 0 Å². The minimum absolute atomic E-state index is 0.627. The van der Waals surface area contributed by atoms with E-state index >= 15 is 0 Å². The molecule has 0 unspecified atom stereocenters. The smallest absolute Gasteiger partial charge is 0.164 e. The molecule has 0 amide bonds. The summed E-state index contributed by atoms with van der Waals surface area (Å²) in [4.78, 5) is 30.6. The zero-order chi connectivity index (χ0) is 44.5. The van der Waals surface area contributed by atoms with Gasteiger partial charge in [-0.2, -0.15) is 0 Å². The van der Waals surface area contributed by atoms with Crippen LogP contribution < -0.4 is 0 Å². The van der Waals surface area contributed by atoms with Crippen LogP contribution >= 0.6 is 0 Å². The number of rotatable bonds is 6. The molecule has 6 heterocycles. The molecule has 0 spiro atoms. The van der Waals surface area contributed by atoms with Gasteiger partial charge in [-0.15, -0.1) is 0 Å². The van der Waals surface area contributed by atoms with Crippen molar-refractivity contribution in [3.05, 3.63) is 206 Å². The summed E-state index contributed by atoms with van der Waals surface area (Å²) in [6, 6.07) is 71.8. The van der Waals surface area contributed by atoms with Crippen LogP contribution in [0.5, 0.6) is 0 Å². The van der Waals surface area contributed by atoms with Gasteiger partial charge in [0.25, 0.3) is 0 Å². The van der Waals surface area contributed by atoms with E-state index in [1.807, 2.05) is 72.8 Å². The Kier molecular flexibility index (Phi) is 7.62. The molecule has 314 valence electrons. The van der Waals surface area contributed by atoms with Crippen molar-refractivity contribution in [2.75, 3.05) is 0 Å². The van der Waals surface area contributed by atoms with Gasteiger partial charge in [-0.05, 0) is 48.5 Å². The van der Waals surface area contributed by atoms with Gasteiger partial charge in [0.1, 0.15) is 0 Å². The second-order valence-electron chi connectivity index (χ2n) is 17.4. The van der Waals surface area contributed by atoms with Gasteiger partial charge in [-0.25, -0.2) is 29.9 Å². The molecule has 0 aliphatic heterocycles. The molecule has 6 aromatic heterocycles. The number of hydrogen-bond donors (Lipinski definition) is 0. The second-order valence-corrected chi connectivity index (χ2v) is 17.4. The second kappa shape index (κ2) is 14.1. The molecule has 0 saturated heterocycles. The summed E-state index contributed by atoms with van der Waals surface area (Å²) in [5.41, 5.74) is 12.6. The predicted molar refractivity (Wildman–Crippen MR) is 275 cm³/mol. The molecule has 0 bridgehead atoms. The highest BCUT2D eigenvalue weighted by Gasteiger charge is 2.29. The fourth-order valence-corrected chi connectivity index (χ4v) is 10.7. The normalized spacial score (nSPS) is 12.1. The lowest BCUT2D eigenvalue weighted by atomic mass is 9.96. The fourth-order valence-electron chi connectivity index (χ4n) is 10.7. The molecular weight excluding hydrogens is 833 g/mol. The number of nitrogens with zero attached hydrogens (tertiary/aromatic N) is 8. The molecule has 8 heteroatoms. The molecule has 68 heavy (non-hydrogen) atoms. The average Bonchev–Trinajstić information content (AvgIpc) is 4.15. The van der Waals surface area contributed by atoms with Gasteiger partial charge in [0.2, 0.25) is 0 Å². The number of hydrogen-bond acceptors (Lipinski definition) is 6. The van der Waals surface area contributed by atoms with Crippen LogP contribution in [0.15, 0.2) is 206 Å². The van der Waals surface area contributed by atoms with Crippen LogP contribution in [-0.4, -0.2) is 38.7 Å². The Hall–Kier alpha value is -9.40. The first-order chi connectivity index (χ1) is 33.7. The predicted octanol–water partition coefficient (Wildman–Crippen LogP) is 14.4. The van der Waals surface area contributed by atoms with Gasteiger partial charge in [0.15, 0.2) is 34.9 Å². The third kappa shape index (κ3) is 5.25. The molecule has 0 fully saturated rings. The first-order valence-electron chi connectivity index (χ1n) is 22.8. The van der Waals surface area contributed by atoms with Crippen LogP contribution in [-0.2, 0) is 0 Å². The summed E-state index contributed by atoms with van der Waals surface area (Å²) in [5.74, 6) is 3.80. The fraction of sp³-hybridized carbons (Fsp3) is 0. The van der Waals surface area contributed by atoms with Gasteiger partial charge in [0, 0.05) is 76.5 Å². The van der Waals surface area contributed by atoms with Crippen molar-refractivity contribution >= 4 is 76.2 Å². The highest BCUT2D eigenvalue weighted by atomic mass is 15.0.